The Balaban J connectivity index is 2.43. The second-order valence-electron chi connectivity index (χ2n) is 4.86. The highest BCUT2D eigenvalue weighted by Gasteiger charge is 2.10. The maximum absolute atomic E-state index is 13.2. The topological polar surface area (TPSA) is 37.8 Å². The molecule has 0 saturated heterocycles. The molecule has 0 spiro atoms. The Labute approximate surface area is 129 Å². The van der Waals surface area contributed by atoms with E-state index in [1.807, 2.05) is 6.07 Å². The molecule has 5 heteroatoms. The molecule has 1 heterocycles. The lowest BCUT2D eigenvalue weighted by Crippen LogP contribution is -2.06. The average molecular weight is 308 g/mol. The number of aryl methyl sites for hydroxylation is 1. The number of benzene rings is 1. The lowest BCUT2D eigenvalue weighted by Gasteiger charge is -2.10. The van der Waals surface area contributed by atoms with E-state index in [0.717, 1.165) is 48.7 Å². The van der Waals surface area contributed by atoms with Crippen molar-refractivity contribution in [2.75, 3.05) is 11.9 Å². The molecule has 2 aromatic rings. The maximum atomic E-state index is 13.2. The fourth-order valence-corrected chi connectivity index (χ4v) is 2.28. The van der Waals surface area contributed by atoms with Crippen LogP contribution in [0, 0.1) is 5.82 Å². The summed E-state index contributed by atoms with van der Waals surface area (Å²) < 4.78 is 13.2. The number of nitrogens with one attached hydrogen (secondary N) is 1. The lowest BCUT2D eigenvalue weighted by atomic mass is 10.1. The predicted octanol–water partition coefficient (Wildman–Crippen LogP) is 4.71. The zero-order valence-corrected chi connectivity index (χ0v) is 13.0. The van der Waals surface area contributed by atoms with Crippen molar-refractivity contribution in [1.29, 1.82) is 0 Å². The molecule has 0 radical (unpaired) electrons. The van der Waals surface area contributed by atoms with Gasteiger partial charge in [0.25, 0.3) is 0 Å². The van der Waals surface area contributed by atoms with Gasteiger partial charge in [0.2, 0.25) is 0 Å². The monoisotopic (exact) mass is 307 g/mol. The second kappa shape index (κ2) is 7.36. The Bertz CT molecular complexity index is 616. The first-order chi connectivity index (χ1) is 10.1. The SMILES string of the molecule is CCCNc1cc(-c2ccc(F)cc2Cl)nc(CCC)n1. The largest absolute Gasteiger partial charge is 0.370 e. The molecular weight excluding hydrogens is 289 g/mol. The molecule has 112 valence electrons. The number of hydrogen-bond donors (Lipinski definition) is 1. The van der Waals surface area contributed by atoms with E-state index in [1.54, 1.807) is 6.07 Å². The Morgan fingerprint density at radius 2 is 1.95 bits per heavy atom. The summed E-state index contributed by atoms with van der Waals surface area (Å²) >= 11 is 6.13. The summed E-state index contributed by atoms with van der Waals surface area (Å²) in [5, 5.41) is 3.62. The van der Waals surface area contributed by atoms with E-state index in [-0.39, 0.29) is 5.82 Å². The molecule has 2 rings (SSSR count). The summed E-state index contributed by atoms with van der Waals surface area (Å²) in [6, 6.07) is 6.20. The minimum atomic E-state index is -0.351. The second-order valence-corrected chi connectivity index (χ2v) is 5.26. The van der Waals surface area contributed by atoms with E-state index in [4.69, 9.17) is 11.6 Å². The smallest absolute Gasteiger partial charge is 0.131 e. The van der Waals surface area contributed by atoms with Crippen molar-refractivity contribution in [2.45, 2.75) is 33.1 Å². The number of nitrogens with zero attached hydrogens (tertiary/aromatic N) is 2. The van der Waals surface area contributed by atoms with Gasteiger partial charge in [-0.1, -0.05) is 25.4 Å². The third kappa shape index (κ3) is 4.14. The Morgan fingerprint density at radius 1 is 1.14 bits per heavy atom. The average Bonchev–Trinajstić information content (AvgIpc) is 2.45. The first-order valence-corrected chi connectivity index (χ1v) is 7.59. The van der Waals surface area contributed by atoms with Crippen molar-refractivity contribution in [1.82, 2.24) is 9.97 Å². The van der Waals surface area contributed by atoms with Crippen LogP contribution in [-0.2, 0) is 6.42 Å². The maximum Gasteiger partial charge on any atom is 0.131 e. The van der Waals surface area contributed by atoms with E-state index in [1.165, 1.54) is 12.1 Å². The van der Waals surface area contributed by atoms with Crippen LogP contribution in [0.4, 0.5) is 10.2 Å². The highest BCUT2D eigenvalue weighted by molar-refractivity contribution is 6.33. The van der Waals surface area contributed by atoms with E-state index >= 15 is 0 Å². The Hall–Kier alpha value is -1.68. The molecular formula is C16H19ClFN3. The number of anilines is 1. The molecule has 0 unspecified atom stereocenters. The van der Waals surface area contributed by atoms with Crippen LogP contribution in [0.1, 0.15) is 32.5 Å². The minimum Gasteiger partial charge on any atom is -0.370 e. The van der Waals surface area contributed by atoms with Crippen LogP contribution in [0.5, 0.6) is 0 Å². The number of rotatable bonds is 6. The third-order valence-electron chi connectivity index (χ3n) is 3.01. The fourth-order valence-electron chi connectivity index (χ4n) is 2.01. The van der Waals surface area contributed by atoms with Crippen molar-refractivity contribution >= 4 is 17.4 Å². The standard InChI is InChI=1S/C16H19ClFN3/c1-3-5-15-20-14(10-16(21-15)19-8-4-2)12-7-6-11(18)9-13(12)17/h6-7,9-10H,3-5,8H2,1-2H3,(H,19,20,21). The number of hydrogen-bond acceptors (Lipinski definition) is 3. The molecule has 0 saturated carbocycles. The van der Waals surface area contributed by atoms with Gasteiger partial charge in [0.1, 0.15) is 17.5 Å². The van der Waals surface area contributed by atoms with Crippen LogP contribution in [-0.4, -0.2) is 16.5 Å². The van der Waals surface area contributed by atoms with Crippen LogP contribution in [0.2, 0.25) is 5.02 Å². The van der Waals surface area contributed by atoms with Crippen molar-refractivity contribution in [3.63, 3.8) is 0 Å². The molecule has 0 bridgehead atoms. The zero-order valence-electron chi connectivity index (χ0n) is 12.3. The quantitative estimate of drug-likeness (QED) is 0.839. The summed E-state index contributed by atoms with van der Waals surface area (Å²) in [6.07, 6.45) is 2.78. The predicted molar refractivity (Wildman–Crippen MR) is 85.2 cm³/mol. The highest BCUT2D eigenvalue weighted by atomic mass is 35.5. The van der Waals surface area contributed by atoms with Gasteiger partial charge in [-0.05, 0) is 31.0 Å². The van der Waals surface area contributed by atoms with Crippen molar-refractivity contribution in [2.24, 2.45) is 0 Å². The molecule has 3 nitrogen and oxygen atoms in total. The van der Waals surface area contributed by atoms with Crippen molar-refractivity contribution < 1.29 is 4.39 Å². The zero-order chi connectivity index (χ0) is 15.2. The van der Waals surface area contributed by atoms with Gasteiger partial charge in [0.05, 0.1) is 10.7 Å². The highest BCUT2D eigenvalue weighted by Crippen LogP contribution is 2.28. The van der Waals surface area contributed by atoms with E-state index in [9.17, 15) is 4.39 Å². The molecule has 0 aliphatic heterocycles. The molecule has 1 aromatic heterocycles. The van der Waals surface area contributed by atoms with Gasteiger partial charge in [-0.2, -0.15) is 0 Å². The van der Waals surface area contributed by atoms with Crippen molar-refractivity contribution in [3.8, 4) is 11.3 Å². The fraction of sp³-hybridized carbons (Fsp3) is 0.375. The van der Waals surface area contributed by atoms with Gasteiger partial charge >= 0.3 is 0 Å². The Morgan fingerprint density at radius 3 is 2.62 bits per heavy atom. The van der Waals surface area contributed by atoms with E-state index in [2.05, 4.69) is 29.1 Å². The summed E-state index contributed by atoms with van der Waals surface area (Å²) in [5.74, 6) is 1.20. The molecule has 0 fully saturated rings. The number of halogens is 2. The van der Waals surface area contributed by atoms with Crippen LogP contribution >= 0.6 is 11.6 Å². The Kier molecular flexibility index (Phi) is 5.51. The van der Waals surface area contributed by atoms with Gasteiger partial charge in [-0.25, -0.2) is 14.4 Å². The third-order valence-corrected chi connectivity index (χ3v) is 3.32. The minimum absolute atomic E-state index is 0.351. The molecule has 1 aromatic carbocycles. The van der Waals surface area contributed by atoms with Crippen LogP contribution in [0.3, 0.4) is 0 Å². The molecule has 21 heavy (non-hydrogen) atoms. The lowest BCUT2D eigenvalue weighted by molar-refractivity contribution is 0.628. The summed E-state index contributed by atoms with van der Waals surface area (Å²) in [5.41, 5.74) is 1.44. The van der Waals surface area contributed by atoms with Crippen molar-refractivity contribution in [3.05, 3.63) is 40.9 Å². The van der Waals surface area contributed by atoms with E-state index in [0.29, 0.717) is 5.02 Å². The van der Waals surface area contributed by atoms with Crippen LogP contribution in [0.25, 0.3) is 11.3 Å². The van der Waals surface area contributed by atoms with Crippen LogP contribution < -0.4 is 5.32 Å². The summed E-state index contributed by atoms with van der Waals surface area (Å²) in [7, 11) is 0. The van der Waals surface area contributed by atoms with Gasteiger partial charge in [-0.3, -0.25) is 0 Å². The van der Waals surface area contributed by atoms with Gasteiger partial charge < -0.3 is 5.32 Å². The number of aromatic nitrogens is 2. The molecule has 0 amide bonds. The van der Waals surface area contributed by atoms with Crippen LogP contribution in [0.15, 0.2) is 24.3 Å². The summed E-state index contributed by atoms with van der Waals surface area (Å²) in [6.45, 7) is 5.03. The first kappa shape index (κ1) is 15.7. The summed E-state index contributed by atoms with van der Waals surface area (Å²) in [4.78, 5) is 9.03. The first-order valence-electron chi connectivity index (χ1n) is 7.21. The molecule has 0 atom stereocenters. The normalized spacial score (nSPS) is 10.7. The van der Waals surface area contributed by atoms with Gasteiger partial charge in [0, 0.05) is 24.6 Å². The molecule has 0 aliphatic rings. The van der Waals surface area contributed by atoms with E-state index < -0.39 is 0 Å². The molecule has 1 N–H and O–H groups in total. The molecule has 0 aliphatic carbocycles. The van der Waals surface area contributed by atoms with Gasteiger partial charge in [0.15, 0.2) is 0 Å². The van der Waals surface area contributed by atoms with Gasteiger partial charge in [-0.15, -0.1) is 0 Å².